The van der Waals surface area contributed by atoms with Crippen molar-refractivity contribution in [3.8, 4) is 0 Å². The minimum Gasteiger partial charge on any atom is -0.206 e. The van der Waals surface area contributed by atoms with E-state index in [0.29, 0.717) is 35.0 Å². The molecule has 0 saturated heterocycles. The highest BCUT2D eigenvalue weighted by Gasteiger charge is 2.28. The topological polar surface area (TPSA) is 37.4 Å². The normalized spacial score (nSPS) is 12.8. The van der Waals surface area contributed by atoms with E-state index in [-0.39, 0.29) is 0 Å². The molecule has 1 heterocycles. The molecule has 0 unspecified atom stereocenters. The van der Waals surface area contributed by atoms with E-state index in [1.807, 2.05) is 34.6 Å². The SMILES string of the molecule is Cc1cc(S(=O)(=O)N(CC(C)C)CC(C)C)sc1CCl. The Balaban J connectivity index is 3.13. The van der Waals surface area contributed by atoms with Gasteiger partial charge in [0.2, 0.25) is 0 Å². The molecule has 0 amide bonds. The van der Waals surface area contributed by atoms with Crippen molar-refractivity contribution < 1.29 is 8.42 Å². The molecule has 0 aliphatic heterocycles. The molecule has 1 rings (SSSR count). The van der Waals surface area contributed by atoms with Crippen LogP contribution in [0.4, 0.5) is 0 Å². The second kappa shape index (κ2) is 7.25. The average molecular weight is 338 g/mol. The van der Waals surface area contributed by atoms with Crippen LogP contribution in [0.2, 0.25) is 0 Å². The van der Waals surface area contributed by atoms with E-state index in [0.717, 1.165) is 10.4 Å². The molecule has 3 nitrogen and oxygen atoms in total. The van der Waals surface area contributed by atoms with Crippen LogP contribution in [0.25, 0.3) is 0 Å². The van der Waals surface area contributed by atoms with Crippen LogP contribution in [0.3, 0.4) is 0 Å². The smallest absolute Gasteiger partial charge is 0.206 e. The minimum atomic E-state index is -3.41. The molecular weight excluding hydrogens is 314 g/mol. The van der Waals surface area contributed by atoms with E-state index in [4.69, 9.17) is 11.6 Å². The second-order valence-electron chi connectivity index (χ2n) is 5.91. The third kappa shape index (κ3) is 4.45. The molecule has 0 aromatic carbocycles. The van der Waals surface area contributed by atoms with Crippen molar-refractivity contribution in [3.63, 3.8) is 0 Å². The van der Waals surface area contributed by atoms with Crippen molar-refractivity contribution in [1.29, 1.82) is 0 Å². The molecule has 1 aromatic rings. The van der Waals surface area contributed by atoms with E-state index in [1.54, 1.807) is 10.4 Å². The number of thiophene rings is 1. The fourth-order valence-electron chi connectivity index (χ4n) is 1.96. The largest absolute Gasteiger partial charge is 0.252 e. The summed E-state index contributed by atoms with van der Waals surface area (Å²) in [4.78, 5) is 0.930. The molecule has 0 bridgehead atoms. The van der Waals surface area contributed by atoms with Gasteiger partial charge < -0.3 is 0 Å². The van der Waals surface area contributed by atoms with Crippen LogP contribution in [0.1, 0.15) is 38.1 Å². The van der Waals surface area contributed by atoms with Crippen LogP contribution < -0.4 is 0 Å². The first-order valence-corrected chi connectivity index (χ1v) is 9.63. The van der Waals surface area contributed by atoms with E-state index >= 15 is 0 Å². The first kappa shape index (κ1) is 18.0. The van der Waals surface area contributed by atoms with Crippen molar-refractivity contribution in [1.82, 2.24) is 4.31 Å². The van der Waals surface area contributed by atoms with Crippen molar-refractivity contribution in [3.05, 3.63) is 16.5 Å². The van der Waals surface area contributed by atoms with Crippen molar-refractivity contribution in [2.45, 2.75) is 44.7 Å². The third-order valence-electron chi connectivity index (χ3n) is 2.85. The van der Waals surface area contributed by atoms with Crippen LogP contribution in [0.15, 0.2) is 10.3 Å². The number of hydrogen-bond acceptors (Lipinski definition) is 3. The number of sulfonamides is 1. The minimum absolute atomic E-state index is 0.303. The van der Waals surface area contributed by atoms with Crippen LogP contribution in [0.5, 0.6) is 0 Å². The molecule has 0 spiro atoms. The zero-order valence-corrected chi connectivity index (χ0v) is 15.2. The van der Waals surface area contributed by atoms with E-state index in [2.05, 4.69) is 0 Å². The van der Waals surface area contributed by atoms with Gasteiger partial charge in [0, 0.05) is 18.0 Å². The summed E-state index contributed by atoms with van der Waals surface area (Å²) in [5, 5.41) is 0. The van der Waals surface area contributed by atoms with Crippen molar-refractivity contribution in [2.75, 3.05) is 13.1 Å². The second-order valence-corrected chi connectivity index (χ2v) is 9.48. The fraction of sp³-hybridized carbons (Fsp3) is 0.714. The maximum absolute atomic E-state index is 12.8. The van der Waals surface area contributed by atoms with Crippen molar-refractivity contribution >= 4 is 33.0 Å². The summed E-state index contributed by atoms with van der Waals surface area (Å²) in [6.45, 7) is 11.1. The standard InChI is InChI=1S/C14H24ClNO2S2/c1-10(2)8-16(9-11(3)4)20(17,18)14-6-12(5)13(7-15)19-14/h6,10-11H,7-9H2,1-5H3. The van der Waals surface area contributed by atoms with Gasteiger partial charge in [0.05, 0.1) is 5.88 Å². The summed E-state index contributed by atoms with van der Waals surface area (Å²) in [5.41, 5.74) is 0.956. The summed E-state index contributed by atoms with van der Waals surface area (Å²) < 4.78 is 27.6. The molecule has 1 aromatic heterocycles. The molecule has 0 aliphatic rings. The van der Waals surface area contributed by atoms with Crippen LogP contribution in [-0.4, -0.2) is 25.8 Å². The molecule has 0 fully saturated rings. The summed E-state index contributed by atoms with van der Waals surface area (Å²) in [6, 6.07) is 1.74. The van der Waals surface area contributed by atoms with Crippen LogP contribution in [-0.2, 0) is 15.9 Å². The Labute approximate surface area is 132 Å². The molecule has 0 aliphatic carbocycles. The molecule has 0 N–H and O–H groups in total. The zero-order valence-electron chi connectivity index (χ0n) is 12.8. The third-order valence-corrected chi connectivity index (χ3v) is 6.79. The zero-order chi connectivity index (χ0) is 15.5. The Bertz CT molecular complexity index is 525. The molecule has 0 radical (unpaired) electrons. The Hall–Kier alpha value is -0.100. The highest BCUT2D eigenvalue weighted by atomic mass is 35.5. The first-order chi connectivity index (χ1) is 9.18. The van der Waals surface area contributed by atoms with Gasteiger partial charge in [0.15, 0.2) is 0 Å². The number of hydrogen-bond donors (Lipinski definition) is 0. The van der Waals surface area contributed by atoms with Gasteiger partial charge in [-0.3, -0.25) is 0 Å². The molecule has 20 heavy (non-hydrogen) atoms. The molecule has 0 saturated carbocycles. The number of aryl methyl sites for hydroxylation is 1. The maximum atomic E-state index is 12.8. The maximum Gasteiger partial charge on any atom is 0.252 e. The number of alkyl halides is 1. The number of rotatable bonds is 7. The highest BCUT2D eigenvalue weighted by Crippen LogP contribution is 2.30. The summed E-state index contributed by atoms with van der Waals surface area (Å²) in [5.74, 6) is 0.967. The predicted octanol–water partition coefficient (Wildman–Crippen LogP) is 4.10. The van der Waals surface area contributed by atoms with Gasteiger partial charge in [-0.25, -0.2) is 8.42 Å². The first-order valence-electron chi connectivity index (χ1n) is 6.83. The Kier molecular flexibility index (Phi) is 6.51. The highest BCUT2D eigenvalue weighted by molar-refractivity contribution is 7.91. The van der Waals surface area contributed by atoms with E-state index in [1.165, 1.54) is 11.3 Å². The van der Waals surface area contributed by atoms with E-state index < -0.39 is 10.0 Å². The molecule has 116 valence electrons. The summed E-state index contributed by atoms with van der Waals surface area (Å²) in [6.07, 6.45) is 0. The lowest BCUT2D eigenvalue weighted by molar-refractivity contribution is 0.334. The monoisotopic (exact) mass is 337 g/mol. The van der Waals surface area contributed by atoms with E-state index in [9.17, 15) is 8.42 Å². The summed E-state index contributed by atoms with van der Waals surface area (Å²) >= 11 is 7.13. The predicted molar refractivity (Wildman–Crippen MR) is 87.0 cm³/mol. The Morgan fingerprint density at radius 2 is 1.70 bits per heavy atom. The fourth-order valence-corrected chi connectivity index (χ4v) is 5.70. The number of nitrogens with zero attached hydrogens (tertiary/aromatic N) is 1. The van der Waals surface area contributed by atoms with Crippen molar-refractivity contribution in [2.24, 2.45) is 11.8 Å². The van der Waals surface area contributed by atoms with Gasteiger partial charge in [0.25, 0.3) is 10.0 Å². The van der Waals surface area contributed by atoms with Gasteiger partial charge >= 0.3 is 0 Å². The molecular formula is C14H24ClNO2S2. The molecule has 0 atom stereocenters. The van der Waals surface area contributed by atoms with Gasteiger partial charge in [-0.15, -0.1) is 22.9 Å². The van der Waals surface area contributed by atoms with Crippen LogP contribution >= 0.6 is 22.9 Å². The van der Waals surface area contributed by atoms with Crippen LogP contribution in [0, 0.1) is 18.8 Å². The van der Waals surface area contributed by atoms with Gasteiger partial charge in [-0.1, -0.05) is 27.7 Å². The van der Waals surface area contributed by atoms with Gasteiger partial charge in [-0.05, 0) is 30.4 Å². The quantitative estimate of drug-likeness (QED) is 0.702. The molecule has 6 heteroatoms. The Morgan fingerprint density at radius 1 is 1.20 bits per heavy atom. The van der Waals surface area contributed by atoms with Gasteiger partial charge in [-0.2, -0.15) is 4.31 Å². The number of halogens is 1. The van der Waals surface area contributed by atoms with Gasteiger partial charge in [0.1, 0.15) is 4.21 Å². The lowest BCUT2D eigenvalue weighted by Crippen LogP contribution is -2.36. The Morgan fingerprint density at radius 3 is 2.05 bits per heavy atom. The average Bonchev–Trinajstić information content (AvgIpc) is 2.69. The lowest BCUT2D eigenvalue weighted by atomic mass is 10.2. The summed E-state index contributed by atoms with van der Waals surface area (Å²) in [7, 11) is -3.41. The lowest BCUT2D eigenvalue weighted by Gasteiger charge is -2.24.